The van der Waals surface area contributed by atoms with Gasteiger partial charge in [-0.15, -0.1) is 5.10 Å². The van der Waals surface area contributed by atoms with Gasteiger partial charge in [-0.1, -0.05) is 6.07 Å². The lowest BCUT2D eigenvalue weighted by Gasteiger charge is -2.21. The highest BCUT2D eigenvalue weighted by atomic mass is 32.2. The van der Waals surface area contributed by atoms with E-state index in [1.807, 2.05) is 6.07 Å². The maximum absolute atomic E-state index is 14.1. The van der Waals surface area contributed by atoms with Crippen molar-refractivity contribution < 1.29 is 13.6 Å². The van der Waals surface area contributed by atoms with Gasteiger partial charge in [0.05, 0.1) is 5.69 Å². The molecule has 2 aromatic carbocycles. The smallest absolute Gasteiger partial charge is 0.253 e. The number of carbonyl (C=O) groups excluding carboxylic acids is 1. The van der Waals surface area contributed by atoms with E-state index in [1.54, 1.807) is 34.9 Å². The van der Waals surface area contributed by atoms with Gasteiger partial charge in [-0.05, 0) is 53.2 Å². The first-order valence-electron chi connectivity index (χ1n) is 8.81. The molecule has 0 N–H and O–H groups in total. The predicted molar refractivity (Wildman–Crippen MR) is 101 cm³/mol. The first-order chi connectivity index (χ1) is 13.6. The molecule has 28 heavy (non-hydrogen) atoms. The molecule has 0 radical (unpaired) electrons. The molecule has 1 unspecified atom stereocenters. The Morgan fingerprint density at radius 3 is 2.86 bits per heavy atom. The highest BCUT2D eigenvalue weighted by molar-refractivity contribution is 7.99. The standard InChI is InChI=1S/C19H17F2N5OS/c20-14-4-5-17(21)16(11-14)18-6-7-25(8-9-28-18)19(27)13-2-1-3-15(10-13)26-12-22-23-24-26/h1-5,10-12,18H,6-9H2. The van der Waals surface area contributed by atoms with Crippen LogP contribution in [0.2, 0.25) is 0 Å². The summed E-state index contributed by atoms with van der Waals surface area (Å²) in [6.07, 6.45) is 2.02. The van der Waals surface area contributed by atoms with Crippen molar-refractivity contribution in [3.63, 3.8) is 0 Å². The molecule has 3 aromatic rings. The second-order valence-corrected chi connectivity index (χ2v) is 7.72. The van der Waals surface area contributed by atoms with E-state index in [0.29, 0.717) is 42.1 Å². The summed E-state index contributed by atoms with van der Waals surface area (Å²) in [5.41, 5.74) is 1.59. The summed E-state index contributed by atoms with van der Waals surface area (Å²) < 4.78 is 29.1. The SMILES string of the molecule is O=C(c1cccc(-n2cnnn2)c1)N1CCSC(c2cc(F)ccc2F)CC1. The molecule has 1 aliphatic rings. The van der Waals surface area contributed by atoms with Gasteiger partial charge >= 0.3 is 0 Å². The third kappa shape index (κ3) is 3.89. The van der Waals surface area contributed by atoms with E-state index >= 15 is 0 Å². The first kappa shape index (κ1) is 18.5. The van der Waals surface area contributed by atoms with E-state index in [1.165, 1.54) is 17.1 Å². The van der Waals surface area contributed by atoms with Crippen LogP contribution in [0.25, 0.3) is 5.69 Å². The summed E-state index contributed by atoms with van der Waals surface area (Å²) in [6, 6.07) is 10.6. The fourth-order valence-corrected chi connectivity index (χ4v) is 4.47. The van der Waals surface area contributed by atoms with Crippen LogP contribution in [-0.2, 0) is 0 Å². The predicted octanol–water partition coefficient (Wildman–Crippen LogP) is 3.26. The van der Waals surface area contributed by atoms with Crippen LogP contribution >= 0.6 is 11.8 Å². The molecule has 1 amide bonds. The Bertz CT molecular complexity index is 982. The maximum Gasteiger partial charge on any atom is 0.253 e. The van der Waals surface area contributed by atoms with E-state index in [2.05, 4.69) is 15.5 Å². The zero-order valence-electron chi connectivity index (χ0n) is 14.8. The highest BCUT2D eigenvalue weighted by Gasteiger charge is 2.25. The van der Waals surface area contributed by atoms with Gasteiger partial charge in [-0.2, -0.15) is 11.8 Å². The van der Waals surface area contributed by atoms with Crippen molar-refractivity contribution in [1.29, 1.82) is 0 Å². The summed E-state index contributed by atoms with van der Waals surface area (Å²) in [4.78, 5) is 14.7. The molecule has 0 spiro atoms. The van der Waals surface area contributed by atoms with Crippen LogP contribution < -0.4 is 0 Å². The fraction of sp³-hybridized carbons (Fsp3) is 0.263. The van der Waals surface area contributed by atoms with Crippen LogP contribution in [0.4, 0.5) is 8.78 Å². The van der Waals surface area contributed by atoms with Crippen molar-refractivity contribution >= 4 is 17.7 Å². The first-order valence-corrected chi connectivity index (χ1v) is 9.86. The van der Waals surface area contributed by atoms with Gasteiger partial charge in [0.2, 0.25) is 0 Å². The lowest BCUT2D eigenvalue weighted by atomic mass is 10.1. The normalized spacial score (nSPS) is 17.4. The van der Waals surface area contributed by atoms with Gasteiger partial charge in [0.25, 0.3) is 5.91 Å². The molecule has 6 nitrogen and oxygen atoms in total. The summed E-state index contributed by atoms with van der Waals surface area (Å²) in [5.74, 6) is -0.309. The minimum absolute atomic E-state index is 0.101. The van der Waals surface area contributed by atoms with E-state index in [-0.39, 0.29) is 11.2 Å². The summed E-state index contributed by atoms with van der Waals surface area (Å²) in [7, 11) is 0. The number of nitrogens with zero attached hydrogens (tertiary/aromatic N) is 5. The third-order valence-corrected chi connectivity index (χ3v) is 5.95. The molecule has 1 aliphatic heterocycles. The van der Waals surface area contributed by atoms with E-state index in [9.17, 15) is 13.6 Å². The maximum atomic E-state index is 14.1. The van der Waals surface area contributed by atoms with Gasteiger partial charge in [-0.3, -0.25) is 4.79 Å². The van der Waals surface area contributed by atoms with Gasteiger partial charge < -0.3 is 4.90 Å². The molecule has 1 aromatic heterocycles. The minimum Gasteiger partial charge on any atom is -0.338 e. The number of halogens is 2. The summed E-state index contributed by atoms with van der Waals surface area (Å²) in [5, 5.41) is 10.9. The zero-order chi connectivity index (χ0) is 19.5. The molecule has 144 valence electrons. The average molecular weight is 401 g/mol. The quantitative estimate of drug-likeness (QED) is 0.674. The molecule has 1 atom stereocenters. The number of carbonyl (C=O) groups is 1. The Morgan fingerprint density at radius 1 is 1.14 bits per heavy atom. The Kier molecular flexibility index (Phi) is 5.34. The number of amides is 1. The van der Waals surface area contributed by atoms with Crippen LogP contribution in [0.5, 0.6) is 0 Å². The Balaban J connectivity index is 1.49. The molecular weight excluding hydrogens is 384 g/mol. The monoisotopic (exact) mass is 401 g/mol. The number of hydrogen-bond donors (Lipinski definition) is 0. The molecule has 0 saturated carbocycles. The van der Waals surface area contributed by atoms with Gasteiger partial charge in [0.1, 0.15) is 18.0 Å². The Labute approximate surface area is 164 Å². The molecule has 1 fully saturated rings. The van der Waals surface area contributed by atoms with E-state index < -0.39 is 11.6 Å². The van der Waals surface area contributed by atoms with Crippen LogP contribution in [0.1, 0.15) is 27.6 Å². The number of hydrogen-bond acceptors (Lipinski definition) is 5. The molecule has 2 heterocycles. The highest BCUT2D eigenvalue weighted by Crippen LogP contribution is 2.36. The number of thioether (sulfide) groups is 1. The second kappa shape index (κ2) is 8.05. The van der Waals surface area contributed by atoms with Gasteiger partial charge in [0, 0.05) is 35.2 Å². The molecular formula is C19H17F2N5OS. The van der Waals surface area contributed by atoms with Crippen LogP contribution in [-0.4, -0.2) is 49.9 Å². The topological polar surface area (TPSA) is 63.9 Å². The van der Waals surface area contributed by atoms with E-state index in [4.69, 9.17) is 0 Å². The number of aromatic nitrogens is 4. The van der Waals surface area contributed by atoms with Crippen LogP contribution in [0, 0.1) is 11.6 Å². The van der Waals surface area contributed by atoms with Crippen molar-refractivity contribution in [2.45, 2.75) is 11.7 Å². The summed E-state index contributed by atoms with van der Waals surface area (Å²) >= 11 is 1.55. The van der Waals surface area contributed by atoms with Crippen LogP contribution in [0.15, 0.2) is 48.8 Å². The molecule has 0 aliphatic carbocycles. The third-order valence-electron chi connectivity index (χ3n) is 4.64. The van der Waals surface area contributed by atoms with Gasteiger partial charge in [-0.25, -0.2) is 13.5 Å². The number of tetrazole rings is 1. The number of benzene rings is 2. The zero-order valence-corrected chi connectivity index (χ0v) is 15.6. The van der Waals surface area contributed by atoms with Crippen molar-refractivity contribution in [2.75, 3.05) is 18.8 Å². The van der Waals surface area contributed by atoms with Crippen molar-refractivity contribution in [3.8, 4) is 5.69 Å². The van der Waals surface area contributed by atoms with Crippen molar-refractivity contribution in [3.05, 3.63) is 71.6 Å². The molecule has 1 saturated heterocycles. The van der Waals surface area contributed by atoms with Crippen LogP contribution in [0.3, 0.4) is 0 Å². The number of rotatable bonds is 3. The summed E-state index contributed by atoms with van der Waals surface area (Å²) in [6.45, 7) is 1.02. The molecule has 0 bridgehead atoms. The second-order valence-electron chi connectivity index (χ2n) is 6.41. The minimum atomic E-state index is -0.450. The largest absolute Gasteiger partial charge is 0.338 e. The van der Waals surface area contributed by atoms with Crippen molar-refractivity contribution in [2.24, 2.45) is 0 Å². The van der Waals surface area contributed by atoms with E-state index in [0.717, 1.165) is 12.1 Å². The van der Waals surface area contributed by atoms with Gasteiger partial charge in [0.15, 0.2) is 0 Å². The average Bonchev–Trinajstić information content (AvgIpc) is 3.15. The molecule has 9 heteroatoms. The Hall–Kier alpha value is -2.81. The Morgan fingerprint density at radius 2 is 2.04 bits per heavy atom. The molecule has 4 rings (SSSR count). The fourth-order valence-electron chi connectivity index (χ4n) is 3.23. The van der Waals surface area contributed by atoms with Crippen molar-refractivity contribution in [1.82, 2.24) is 25.1 Å². The lowest BCUT2D eigenvalue weighted by molar-refractivity contribution is 0.0766. The lowest BCUT2D eigenvalue weighted by Crippen LogP contribution is -2.33.